The Morgan fingerprint density at radius 3 is 2.32 bits per heavy atom. The Labute approximate surface area is 207 Å². The molecule has 2 heterocycles. The second-order valence-corrected chi connectivity index (χ2v) is 8.33. The molecule has 2 aromatic carbocycles. The van der Waals surface area contributed by atoms with Gasteiger partial charge in [-0.25, -0.2) is 0 Å². The second kappa shape index (κ2) is 10.1. The highest BCUT2D eigenvalue weighted by Crippen LogP contribution is 2.42. The standard InChI is InChI=1S/C24H22O13/c25-10-3-1-9(2-4-10)14-6-13(28)18-11(26)5-12(27)19(23(18)36-14)24-22(34)21(33)20(32)15(37-24)8-35-17(31)7-16(29)30/h1-6,15,20-22,24-27,32-34H,7-8H2,(H,29,30)/p-2/t15-,20-,21+,22-,24+/m1/s1. The fraction of sp³-hybridized carbons (Fsp3) is 0.292. The average Bonchev–Trinajstić information content (AvgIpc) is 2.82. The number of hydrogen-bond acceptors (Lipinski definition) is 13. The summed E-state index contributed by atoms with van der Waals surface area (Å²) in [6, 6.07) is 7.21. The summed E-state index contributed by atoms with van der Waals surface area (Å²) in [6.45, 7) is -0.763. The quantitative estimate of drug-likeness (QED) is 0.179. The van der Waals surface area contributed by atoms with E-state index in [1.807, 2.05) is 0 Å². The van der Waals surface area contributed by atoms with E-state index >= 15 is 0 Å². The Kier molecular flexibility index (Phi) is 7.05. The second-order valence-electron chi connectivity index (χ2n) is 8.33. The molecule has 0 spiro atoms. The van der Waals surface area contributed by atoms with Crippen molar-refractivity contribution in [1.82, 2.24) is 0 Å². The van der Waals surface area contributed by atoms with Gasteiger partial charge in [-0.2, -0.15) is 0 Å². The van der Waals surface area contributed by atoms with Gasteiger partial charge in [0, 0.05) is 17.2 Å². The van der Waals surface area contributed by atoms with E-state index in [1.54, 1.807) is 0 Å². The van der Waals surface area contributed by atoms with E-state index in [2.05, 4.69) is 0 Å². The number of rotatable bonds is 6. The summed E-state index contributed by atoms with van der Waals surface area (Å²) in [6.07, 6.45) is -10.1. The van der Waals surface area contributed by atoms with E-state index in [0.717, 1.165) is 6.07 Å². The van der Waals surface area contributed by atoms with Gasteiger partial charge >= 0.3 is 5.97 Å². The summed E-state index contributed by atoms with van der Waals surface area (Å²) in [4.78, 5) is 35.0. The van der Waals surface area contributed by atoms with Crippen molar-refractivity contribution in [3.05, 3.63) is 52.2 Å². The molecule has 37 heavy (non-hydrogen) atoms. The highest BCUT2D eigenvalue weighted by Gasteiger charge is 2.46. The number of esters is 1. The number of carboxylic acid groups (broad SMARTS) is 1. The normalized spacial score (nSPS) is 23.6. The predicted octanol–water partition coefficient (Wildman–Crippen LogP) is -1.85. The lowest BCUT2D eigenvalue weighted by Crippen LogP contribution is -2.55. The summed E-state index contributed by atoms with van der Waals surface area (Å²) >= 11 is 0. The number of aliphatic hydroxyl groups is 3. The van der Waals surface area contributed by atoms with Crippen molar-refractivity contribution in [1.29, 1.82) is 0 Å². The van der Waals surface area contributed by atoms with Gasteiger partial charge in [0.25, 0.3) is 0 Å². The molecule has 5 atom stereocenters. The molecule has 4 rings (SSSR count). The molecule has 0 bridgehead atoms. The number of carbonyl (C=O) groups excluding carboxylic acids is 2. The number of hydrogen-bond donors (Lipinski definition) is 5. The molecule has 1 aliphatic rings. The molecule has 0 amide bonds. The number of benzene rings is 2. The Bertz CT molecular complexity index is 1390. The van der Waals surface area contributed by atoms with Gasteiger partial charge in [-0.15, -0.1) is 0 Å². The van der Waals surface area contributed by atoms with Crippen molar-refractivity contribution in [2.24, 2.45) is 0 Å². The molecule has 0 unspecified atom stereocenters. The number of phenols is 2. The van der Waals surface area contributed by atoms with Crippen LogP contribution in [0.5, 0.6) is 17.2 Å². The lowest BCUT2D eigenvalue weighted by atomic mass is 9.89. The van der Waals surface area contributed by atoms with Crippen LogP contribution in [0.3, 0.4) is 0 Å². The third-order valence-electron chi connectivity index (χ3n) is 5.83. The van der Waals surface area contributed by atoms with E-state index in [1.165, 1.54) is 24.3 Å². The van der Waals surface area contributed by atoms with Crippen LogP contribution in [0.25, 0.3) is 22.3 Å². The molecule has 13 nitrogen and oxygen atoms in total. The zero-order chi connectivity index (χ0) is 27.0. The Hall–Kier alpha value is -4.17. The van der Waals surface area contributed by atoms with Crippen molar-refractivity contribution in [3.8, 4) is 28.6 Å². The van der Waals surface area contributed by atoms with Crippen LogP contribution in [0.15, 0.2) is 45.6 Å². The fourth-order valence-electron chi connectivity index (χ4n) is 4.02. The highest BCUT2D eigenvalue weighted by atomic mass is 16.6. The average molecular weight is 516 g/mol. The zero-order valence-electron chi connectivity index (χ0n) is 18.8. The van der Waals surface area contributed by atoms with Crippen molar-refractivity contribution in [3.63, 3.8) is 0 Å². The molecule has 0 saturated carbocycles. The van der Waals surface area contributed by atoms with Crippen LogP contribution >= 0.6 is 0 Å². The summed E-state index contributed by atoms with van der Waals surface area (Å²) in [5.41, 5.74) is -1.39. The van der Waals surface area contributed by atoms with Crippen LogP contribution in [-0.4, -0.2) is 68.5 Å². The van der Waals surface area contributed by atoms with E-state index < -0.39 is 88.9 Å². The van der Waals surface area contributed by atoms with Crippen molar-refractivity contribution in [2.45, 2.75) is 36.9 Å². The summed E-state index contributed by atoms with van der Waals surface area (Å²) in [7, 11) is 0. The molecular formula is C24H20O13-2. The van der Waals surface area contributed by atoms with E-state index in [4.69, 9.17) is 13.9 Å². The molecule has 1 aliphatic heterocycles. The number of aromatic hydroxyl groups is 2. The van der Waals surface area contributed by atoms with Gasteiger partial charge < -0.3 is 54.4 Å². The molecule has 1 saturated heterocycles. The number of aliphatic hydroxyl groups excluding tert-OH is 3. The fourth-order valence-corrected chi connectivity index (χ4v) is 4.02. The largest absolute Gasteiger partial charge is 0.872 e. The monoisotopic (exact) mass is 516 g/mol. The van der Waals surface area contributed by atoms with E-state index in [0.29, 0.717) is 11.6 Å². The van der Waals surface area contributed by atoms with Crippen molar-refractivity contribution >= 4 is 22.9 Å². The smallest absolute Gasteiger partial charge is 0.311 e. The lowest BCUT2D eigenvalue weighted by molar-refractivity contribution is -0.305. The Morgan fingerprint density at radius 1 is 1.00 bits per heavy atom. The van der Waals surface area contributed by atoms with Crippen LogP contribution in [0, 0.1) is 0 Å². The van der Waals surface area contributed by atoms with Gasteiger partial charge in [-0.05, 0) is 30.3 Å². The van der Waals surface area contributed by atoms with Crippen molar-refractivity contribution in [2.75, 3.05) is 6.61 Å². The van der Waals surface area contributed by atoms with Crippen LogP contribution in [0.4, 0.5) is 0 Å². The van der Waals surface area contributed by atoms with Gasteiger partial charge in [0.1, 0.15) is 65.4 Å². The van der Waals surface area contributed by atoms with Crippen LogP contribution in [-0.2, 0) is 19.1 Å². The molecular weight excluding hydrogens is 496 g/mol. The Balaban J connectivity index is 1.79. The first-order chi connectivity index (χ1) is 17.5. The first-order valence-electron chi connectivity index (χ1n) is 10.8. The van der Waals surface area contributed by atoms with Gasteiger partial charge in [0.05, 0.1) is 12.4 Å². The number of carboxylic acids is 1. The summed E-state index contributed by atoms with van der Waals surface area (Å²) < 4.78 is 16.1. The summed E-state index contributed by atoms with van der Waals surface area (Å²) in [5, 5.41) is 74.2. The maximum absolute atomic E-state index is 12.9. The summed E-state index contributed by atoms with van der Waals surface area (Å²) in [5.74, 6) is -4.73. The molecule has 196 valence electrons. The number of aliphatic carboxylic acids is 1. The topological polar surface area (TPSA) is 230 Å². The number of ether oxygens (including phenoxy) is 2. The molecule has 1 aromatic heterocycles. The third-order valence-corrected chi connectivity index (χ3v) is 5.83. The third kappa shape index (κ3) is 5.06. The minimum absolute atomic E-state index is 0.0651. The zero-order valence-corrected chi connectivity index (χ0v) is 18.8. The SMILES string of the molecule is O=C([O-])CC(=O)OC[C@H]1O[C@@H](c2c([O-])cc(O)c3c(=O)cc(-c4ccc(O)cc4)oc23)[C@H](O)[C@@H](O)[C@@H]1O. The molecule has 0 aliphatic carbocycles. The van der Waals surface area contributed by atoms with Crippen LogP contribution in [0.2, 0.25) is 0 Å². The van der Waals surface area contributed by atoms with Gasteiger partial charge in [-0.1, -0.05) is 5.75 Å². The first kappa shape index (κ1) is 25.9. The minimum atomic E-state index is -1.94. The number of fused-ring (bicyclic) bond motifs is 1. The van der Waals surface area contributed by atoms with Gasteiger partial charge in [-0.3, -0.25) is 9.59 Å². The predicted molar refractivity (Wildman–Crippen MR) is 117 cm³/mol. The van der Waals surface area contributed by atoms with E-state index in [-0.39, 0.29) is 11.5 Å². The highest BCUT2D eigenvalue weighted by molar-refractivity contribution is 5.90. The molecule has 1 fully saturated rings. The number of phenolic OH excluding ortho intramolecular Hbond substituents is 2. The molecule has 3 aromatic rings. The number of carbonyl (C=O) groups is 2. The maximum Gasteiger partial charge on any atom is 0.311 e. The molecule has 0 radical (unpaired) electrons. The van der Waals surface area contributed by atoms with Gasteiger partial charge in [0.15, 0.2) is 5.43 Å². The van der Waals surface area contributed by atoms with E-state index in [9.17, 15) is 50.1 Å². The molecule has 13 heteroatoms. The lowest BCUT2D eigenvalue weighted by Gasteiger charge is -2.41. The van der Waals surface area contributed by atoms with Crippen molar-refractivity contribution < 1.29 is 59.2 Å². The molecule has 5 N–H and O–H groups in total. The maximum atomic E-state index is 12.9. The van der Waals surface area contributed by atoms with Crippen LogP contribution < -0.4 is 15.6 Å². The first-order valence-corrected chi connectivity index (χ1v) is 10.8. The van der Waals surface area contributed by atoms with Crippen LogP contribution in [0.1, 0.15) is 18.1 Å². The Morgan fingerprint density at radius 2 is 1.68 bits per heavy atom. The van der Waals surface area contributed by atoms with Gasteiger partial charge in [0.2, 0.25) is 0 Å². The minimum Gasteiger partial charge on any atom is -0.872 e.